The molecule has 0 amide bonds. The molecule has 1 heterocycles. The van der Waals surface area contributed by atoms with Crippen molar-refractivity contribution in [3.63, 3.8) is 0 Å². The van der Waals surface area contributed by atoms with Gasteiger partial charge >= 0.3 is 0 Å². The molecule has 0 saturated heterocycles. The minimum absolute atomic E-state index is 0.256. The molecule has 0 fully saturated rings. The van der Waals surface area contributed by atoms with E-state index in [1.165, 1.54) is 12.1 Å². The number of methoxy groups -OCH3 is 1. The second-order valence-corrected chi connectivity index (χ2v) is 7.18. The maximum atomic E-state index is 13.0. The average Bonchev–Trinajstić information content (AvgIpc) is 3.12. The standard InChI is InChI=1S/C19H22FN5O2S/c1-25-19(22-23-24-25)28-10-9-21-12-15-5-8-17(18(11-15)26-2)27-13-14-3-6-16(20)7-4-14/h3-8,11,21H,9-10,12-13H2,1-2H3/p+1. The molecule has 3 aromatic rings. The Hall–Kier alpha value is -2.65. The van der Waals surface area contributed by atoms with E-state index >= 15 is 0 Å². The van der Waals surface area contributed by atoms with E-state index in [9.17, 15) is 4.39 Å². The van der Waals surface area contributed by atoms with E-state index in [1.54, 1.807) is 35.7 Å². The minimum Gasteiger partial charge on any atom is -0.493 e. The molecule has 0 aliphatic rings. The molecule has 9 heteroatoms. The molecule has 0 spiro atoms. The summed E-state index contributed by atoms with van der Waals surface area (Å²) >= 11 is 1.63. The lowest BCUT2D eigenvalue weighted by Crippen LogP contribution is -2.83. The molecule has 3 rings (SSSR count). The van der Waals surface area contributed by atoms with Gasteiger partial charge in [0.15, 0.2) is 11.5 Å². The van der Waals surface area contributed by atoms with Crippen LogP contribution in [0.4, 0.5) is 4.39 Å². The van der Waals surface area contributed by atoms with Crippen molar-refractivity contribution in [1.82, 2.24) is 20.2 Å². The third-order valence-electron chi connectivity index (χ3n) is 4.05. The number of aryl methyl sites for hydroxylation is 1. The molecule has 2 aromatic carbocycles. The lowest BCUT2D eigenvalue weighted by atomic mass is 10.2. The average molecular weight is 404 g/mol. The Morgan fingerprint density at radius 1 is 1.11 bits per heavy atom. The van der Waals surface area contributed by atoms with Gasteiger partial charge in [0.05, 0.1) is 19.4 Å². The van der Waals surface area contributed by atoms with Gasteiger partial charge < -0.3 is 14.8 Å². The summed E-state index contributed by atoms with van der Waals surface area (Å²) < 4.78 is 25.9. The highest BCUT2D eigenvalue weighted by Gasteiger charge is 2.08. The number of nitrogens with zero attached hydrogens (tertiary/aromatic N) is 4. The van der Waals surface area contributed by atoms with Crippen LogP contribution < -0.4 is 14.8 Å². The maximum Gasteiger partial charge on any atom is 0.209 e. The fraction of sp³-hybridized carbons (Fsp3) is 0.316. The summed E-state index contributed by atoms with van der Waals surface area (Å²) in [5, 5.41) is 14.4. The lowest BCUT2D eigenvalue weighted by molar-refractivity contribution is -0.666. The fourth-order valence-electron chi connectivity index (χ4n) is 2.55. The number of nitrogens with two attached hydrogens (primary N) is 1. The second kappa shape index (κ2) is 10.0. The smallest absolute Gasteiger partial charge is 0.209 e. The Balaban J connectivity index is 1.46. The number of hydrogen-bond acceptors (Lipinski definition) is 6. The molecule has 0 radical (unpaired) electrons. The largest absolute Gasteiger partial charge is 0.493 e. The van der Waals surface area contributed by atoms with E-state index in [4.69, 9.17) is 9.47 Å². The van der Waals surface area contributed by atoms with Crippen molar-refractivity contribution in [2.75, 3.05) is 19.4 Å². The van der Waals surface area contributed by atoms with Crippen LogP contribution >= 0.6 is 11.8 Å². The number of ether oxygens (including phenoxy) is 2. The molecule has 0 unspecified atom stereocenters. The molecule has 1 aromatic heterocycles. The van der Waals surface area contributed by atoms with Gasteiger partial charge in [-0.2, -0.15) is 0 Å². The third kappa shape index (κ3) is 5.67. The molecule has 0 bridgehead atoms. The van der Waals surface area contributed by atoms with Gasteiger partial charge in [-0.15, -0.1) is 5.10 Å². The van der Waals surface area contributed by atoms with Gasteiger partial charge in [0.2, 0.25) is 5.16 Å². The fourth-order valence-corrected chi connectivity index (χ4v) is 3.33. The van der Waals surface area contributed by atoms with Gasteiger partial charge in [0, 0.05) is 12.6 Å². The van der Waals surface area contributed by atoms with Crippen LogP contribution in [-0.2, 0) is 20.2 Å². The highest BCUT2D eigenvalue weighted by molar-refractivity contribution is 7.99. The van der Waals surface area contributed by atoms with Crippen molar-refractivity contribution < 1.29 is 19.2 Å². The molecule has 7 nitrogen and oxygen atoms in total. The van der Waals surface area contributed by atoms with E-state index in [0.717, 1.165) is 35.1 Å². The first-order valence-corrected chi connectivity index (χ1v) is 9.85. The zero-order valence-corrected chi connectivity index (χ0v) is 16.7. The van der Waals surface area contributed by atoms with Gasteiger partial charge in [0.1, 0.15) is 19.0 Å². The molecular weight excluding hydrogens is 381 g/mol. The molecule has 2 N–H and O–H groups in total. The number of benzene rings is 2. The number of aromatic nitrogens is 4. The number of rotatable bonds is 10. The van der Waals surface area contributed by atoms with Crippen LogP contribution in [-0.4, -0.2) is 39.6 Å². The Bertz CT molecular complexity index is 888. The zero-order chi connectivity index (χ0) is 19.8. The van der Waals surface area contributed by atoms with Crippen molar-refractivity contribution in [1.29, 1.82) is 0 Å². The van der Waals surface area contributed by atoms with E-state index in [-0.39, 0.29) is 5.82 Å². The molecule has 0 aliphatic carbocycles. The first kappa shape index (κ1) is 20.1. The van der Waals surface area contributed by atoms with Crippen LogP contribution in [0, 0.1) is 5.82 Å². The topological polar surface area (TPSA) is 78.7 Å². The van der Waals surface area contributed by atoms with Gasteiger partial charge in [-0.05, 0) is 46.3 Å². The number of quaternary nitrogens is 1. The molecule has 0 atom stereocenters. The van der Waals surface area contributed by atoms with Gasteiger partial charge in [-0.3, -0.25) is 0 Å². The summed E-state index contributed by atoms with van der Waals surface area (Å²) in [6.07, 6.45) is 0. The van der Waals surface area contributed by atoms with Crippen molar-refractivity contribution in [3.8, 4) is 11.5 Å². The maximum absolute atomic E-state index is 13.0. The van der Waals surface area contributed by atoms with E-state index < -0.39 is 0 Å². The van der Waals surface area contributed by atoms with E-state index in [0.29, 0.717) is 18.1 Å². The van der Waals surface area contributed by atoms with Crippen LogP contribution in [0.1, 0.15) is 11.1 Å². The quantitative estimate of drug-likeness (QED) is 0.410. The number of thioether (sulfide) groups is 1. The number of hydrogen-bond donors (Lipinski definition) is 1. The van der Waals surface area contributed by atoms with Crippen molar-refractivity contribution in [3.05, 3.63) is 59.4 Å². The molecule has 148 valence electrons. The zero-order valence-electron chi connectivity index (χ0n) is 15.8. The Kier molecular flexibility index (Phi) is 7.21. The van der Waals surface area contributed by atoms with E-state index in [1.807, 2.05) is 25.2 Å². The minimum atomic E-state index is -0.256. The van der Waals surface area contributed by atoms with Crippen LogP contribution in [0.5, 0.6) is 11.5 Å². The van der Waals surface area contributed by atoms with Crippen LogP contribution in [0.2, 0.25) is 0 Å². The summed E-state index contributed by atoms with van der Waals surface area (Å²) in [7, 11) is 3.46. The first-order valence-electron chi connectivity index (χ1n) is 8.86. The van der Waals surface area contributed by atoms with Crippen LogP contribution in [0.25, 0.3) is 0 Å². The summed E-state index contributed by atoms with van der Waals surface area (Å²) in [6.45, 7) is 2.14. The van der Waals surface area contributed by atoms with Crippen molar-refractivity contribution in [2.24, 2.45) is 7.05 Å². The summed E-state index contributed by atoms with van der Waals surface area (Å²) in [6, 6.07) is 12.2. The Morgan fingerprint density at radius 2 is 1.89 bits per heavy atom. The summed E-state index contributed by atoms with van der Waals surface area (Å²) in [5.74, 6) is 2.02. The highest BCUT2D eigenvalue weighted by atomic mass is 32.2. The molecule has 0 saturated carbocycles. The van der Waals surface area contributed by atoms with Gasteiger partial charge in [0.25, 0.3) is 0 Å². The highest BCUT2D eigenvalue weighted by Crippen LogP contribution is 2.28. The van der Waals surface area contributed by atoms with Crippen LogP contribution in [0.3, 0.4) is 0 Å². The molecular formula is C19H23FN5O2S+. The normalized spacial score (nSPS) is 10.8. The Morgan fingerprint density at radius 3 is 2.61 bits per heavy atom. The third-order valence-corrected chi connectivity index (χ3v) is 5.09. The van der Waals surface area contributed by atoms with Gasteiger partial charge in [-0.1, -0.05) is 23.9 Å². The van der Waals surface area contributed by atoms with Crippen LogP contribution in [0.15, 0.2) is 47.6 Å². The number of halogens is 1. The second-order valence-electron chi connectivity index (χ2n) is 6.12. The van der Waals surface area contributed by atoms with E-state index in [2.05, 4.69) is 20.8 Å². The first-order chi connectivity index (χ1) is 13.7. The molecule has 28 heavy (non-hydrogen) atoms. The number of tetrazole rings is 1. The van der Waals surface area contributed by atoms with Crippen molar-refractivity contribution in [2.45, 2.75) is 18.3 Å². The SMILES string of the molecule is COc1cc(C[NH2+]CCSc2nnnn2C)ccc1OCc1ccc(F)cc1. The Labute approximate surface area is 167 Å². The predicted molar refractivity (Wildman–Crippen MR) is 104 cm³/mol. The van der Waals surface area contributed by atoms with Crippen molar-refractivity contribution >= 4 is 11.8 Å². The van der Waals surface area contributed by atoms with Gasteiger partial charge in [-0.25, -0.2) is 9.07 Å². The summed E-state index contributed by atoms with van der Waals surface area (Å²) in [5.41, 5.74) is 2.05. The summed E-state index contributed by atoms with van der Waals surface area (Å²) in [4.78, 5) is 0. The lowest BCUT2D eigenvalue weighted by Gasteiger charge is -2.12. The monoisotopic (exact) mass is 404 g/mol. The molecule has 0 aliphatic heterocycles. The predicted octanol–water partition coefficient (Wildman–Crippen LogP) is 1.79.